The van der Waals surface area contributed by atoms with Crippen LogP contribution in [0, 0.1) is 18.6 Å². The number of nitrogens with two attached hydrogens (primary N) is 2. The molecular formula is C29H25F5N4O4. The summed E-state index contributed by atoms with van der Waals surface area (Å²) in [5.74, 6) is -3.66. The number of benzene rings is 3. The SMILES string of the molecule is Cc1c(-c2cccc(OCC(N)=O)c2F)c(=O)n(CC(N)c2ccccc2)c(=O)n1Cc1c(F)cccc1C(F)(F)F. The summed E-state index contributed by atoms with van der Waals surface area (Å²) in [6, 6.07) is 13.5. The Kier molecular flexibility index (Phi) is 8.62. The number of carbonyl (C=O) groups excluding carboxylic acids is 1. The molecule has 0 bridgehead atoms. The van der Waals surface area contributed by atoms with E-state index >= 15 is 4.39 Å². The van der Waals surface area contributed by atoms with Crippen molar-refractivity contribution in [1.82, 2.24) is 9.13 Å². The number of carbonyl (C=O) groups is 1. The van der Waals surface area contributed by atoms with E-state index in [9.17, 15) is 31.9 Å². The van der Waals surface area contributed by atoms with Crippen LogP contribution in [0.15, 0.2) is 76.3 Å². The van der Waals surface area contributed by atoms with Crippen LogP contribution in [0.2, 0.25) is 0 Å². The minimum atomic E-state index is -4.96. The highest BCUT2D eigenvalue weighted by atomic mass is 19.4. The first-order valence-electron chi connectivity index (χ1n) is 12.5. The zero-order valence-corrected chi connectivity index (χ0v) is 22.1. The first kappa shape index (κ1) is 30.2. The van der Waals surface area contributed by atoms with Crippen molar-refractivity contribution in [2.75, 3.05) is 6.61 Å². The lowest BCUT2D eigenvalue weighted by Crippen LogP contribution is -2.44. The summed E-state index contributed by atoms with van der Waals surface area (Å²) in [6.07, 6.45) is -4.96. The molecule has 0 aliphatic carbocycles. The molecule has 4 N–H and O–H groups in total. The zero-order chi connectivity index (χ0) is 30.8. The second-order valence-electron chi connectivity index (χ2n) is 9.40. The lowest BCUT2D eigenvalue weighted by atomic mass is 10.0. The molecule has 0 saturated heterocycles. The number of halogens is 5. The average Bonchev–Trinajstić information content (AvgIpc) is 2.94. The Balaban J connectivity index is 1.98. The van der Waals surface area contributed by atoms with Gasteiger partial charge in [-0.05, 0) is 30.7 Å². The molecule has 0 radical (unpaired) electrons. The van der Waals surface area contributed by atoms with Gasteiger partial charge < -0.3 is 16.2 Å². The molecule has 0 fully saturated rings. The number of ether oxygens (including phenoxy) is 1. The van der Waals surface area contributed by atoms with Gasteiger partial charge in [0.05, 0.1) is 24.2 Å². The Morgan fingerprint density at radius 2 is 1.62 bits per heavy atom. The molecule has 1 heterocycles. The predicted molar refractivity (Wildman–Crippen MR) is 144 cm³/mol. The maximum atomic E-state index is 15.6. The van der Waals surface area contributed by atoms with Crippen molar-refractivity contribution in [2.45, 2.75) is 32.2 Å². The van der Waals surface area contributed by atoms with Gasteiger partial charge in [0.25, 0.3) is 11.5 Å². The number of primary amides is 1. The molecule has 220 valence electrons. The molecule has 4 aromatic rings. The molecule has 1 aromatic heterocycles. The molecule has 42 heavy (non-hydrogen) atoms. The predicted octanol–water partition coefficient (Wildman–Crippen LogP) is 3.89. The summed E-state index contributed by atoms with van der Waals surface area (Å²) in [7, 11) is 0. The van der Waals surface area contributed by atoms with E-state index in [4.69, 9.17) is 16.2 Å². The van der Waals surface area contributed by atoms with Crippen LogP contribution in [-0.4, -0.2) is 21.6 Å². The van der Waals surface area contributed by atoms with Gasteiger partial charge >= 0.3 is 11.9 Å². The van der Waals surface area contributed by atoms with Crippen LogP contribution in [0.25, 0.3) is 11.1 Å². The third-order valence-corrected chi connectivity index (χ3v) is 6.64. The summed E-state index contributed by atoms with van der Waals surface area (Å²) in [5.41, 5.74) is 6.62. The van der Waals surface area contributed by atoms with E-state index in [1.807, 2.05) is 0 Å². The summed E-state index contributed by atoms with van der Waals surface area (Å²) < 4.78 is 78.3. The lowest BCUT2D eigenvalue weighted by molar-refractivity contribution is -0.138. The highest BCUT2D eigenvalue weighted by molar-refractivity contribution is 5.75. The molecule has 4 rings (SSSR count). The third kappa shape index (κ3) is 6.10. The van der Waals surface area contributed by atoms with Gasteiger partial charge in [-0.1, -0.05) is 48.5 Å². The Morgan fingerprint density at radius 3 is 2.26 bits per heavy atom. The van der Waals surface area contributed by atoms with E-state index in [-0.39, 0.29) is 11.3 Å². The Bertz CT molecular complexity index is 1750. The van der Waals surface area contributed by atoms with Crippen LogP contribution in [0.3, 0.4) is 0 Å². The Morgan fingerprint density at radius 1 is 0.952 bits per heavy atom. The first-order valence-corrected chi connectivity index (χ1v) is 12.5. The minimum absolute atomic E-state index is 0.239. The van der Waals surface area contributed by atoms with Crippen molar-refractivity contribution in [3.05, 3.63) is 122 Å². The Hall–Kier alpha value is -4.78. The second kappa shape index (κ2) is 12.0. The van der Waals surface area contributed by atoms with E-state index < -0.39 is 83.1 Å². The van der Waals surface area contributed by atoms with Crippen molar-refractivity contribution in [3.63, 3.8) is 0 Å². The number of rotatable bonds is 9. The van der Waals surface area contributed by atoms with Crippen molar-refractivity contribution >= 4 is 5.91 Å². The topological polar surface area (TPSA) is 122 Å². The zero-order valence-electron chi connectivity index (χ0n) is 22.1. The number of alkyl halides is 3. The number of aromatic nitrogens is 2. The smallest absolute Gasteiger partial charge is 0.416 e. The molecular weight excluding hydrogens is 563 g/mol. The second-order valence-corrected chi connectivity index (χ2v) is 9.40. The third-order valence-electron chi connectivity index (χ3n) is 6.64. The van der Waals surface area contributed by atoms with Crippen LogP contribution in [0.1, 0.15) is 28.4 Å². The standard InChI is InChI=1S/C29H25F5N4O4/c1-16-25(18-9-5-12-23(26(18)31)42-15-24(36)39)27(40)38(14-22(35)17-7-3-2-4-8-17)28(41)37(16)13-19-20(29(32,33)34)10-6-11-21(19)30/h2-12,22H,13-15,35H2,1H3,(H2,36,39). The van der Waals surface area contributed by atoms with Gasteiger partial charge in [-0.15, -0.1) is 0 Å². The summed E-state index contributed by atoms with van der Waals surface area (Å²) in [6.45, 7) is -0.816. The molecule has 0 spiro atoms. The monoisotopic (exact) mass is 588 g/mol. The van der Waals surface area contributed by atoms with Crippen molar-refractivity contribution < 1.29 is 31.5 Å². The summed E-state index contributed by atoms with van der Waals surface area (Å²) in [5, 5.41) is 0. The van der Waals surface area contributed by atoms with Gasteiger partial charge in [-0.25, -0.2) is 13.6 Å². The van der Waals surface area contributed by atoms with Gasteiger partial charge in [0, 0.05) is 22.9 Å². The van der Waals surface area contributed by atoms with Crippen LogP contribution < -0.4 is 27.5 Å². The van der Waals surface area contributed by atoms with Gasteiger partial charge in [0.15, 0.2) is 18.2 Å². The number of hydrogen-bond donors (Lipinski definition) is 2. The number of amides is 1. The fourth-order valence-corrected chi connectivity index (χ4v) is 4.57. The lowest BCUT2D eigenvalue weighted by Gasteiger charge is -2.21. The fraction of sp³-hybridized carbons (Fsp3) is 0.207. The normalized spacial score (nSPS) is 12.3. The Labute approximate surface area is 235 Å². The first-order chi connectivity index (χ1) is 19.8. The largest absolute Gasteiger partial charge is 0.481 e. The van der Waals surface area contributed by atoms with E-state index in [1.165, 1.54) is 25.1 Å². The molecule has 0 aliphatic rings. The van der Waals surface area contributed by atoms with Gasteiger partial charge in [0.2, 0.25) is 0 Å². The van der Waals surface area contributed by atoms with E-state index in [0.717, 1.165) is 16.7 Å². The fourth-order valence-electron chi connectivity index (χ4n) is 4.57. The van der Waals surface area contributed by atoms with Crippen molar-refractivity contribution in [2.24, 2.45) is 11.5 Å². The van der Waals surface area contributed by atoms with Gasteiger partial charge in [-0.3, -0.25) is 18.7 Å². The quantitative estimate of drug-likeness (QED) is 0.287. The average molecular weight is 589 g/mol. The van der Waals surface area contributed by atoms with Gasteiger partial charge in [0.1, 0.15) is 5.82 Å². The molecule has 8 nitrogen and oxygen atoms in total. The van der Waals surface area contributed by atoms with Crippen LogP contribution in [0.4, 0.5) is 22.0 Å². The molecule has 1 unspecified atom stereocenters. The maximum absolute atomic E-state index is 15.6. The highest BCUT2D eigenvalue weighted by Gasteiger charge is 2.35. The number of hydrogen-bond acceptors (Lipinski definition) is 5. The molecule has 0 aliphatic heterocycles. The molecule has 0 saturated carbocycles. The molecule has 13 heteroatoms. The molecule has 1 amide bonds. The number of nitrogens with zero attached hydrogens (tertiary/aromatic N) is 2. The minimum Gasteiger partial charge on any atom is -0.481 e. The van der Waals surface area contributed by atoms with Crippen molar-refractivity contribution in [3.8, 4) is 16.9 Å². The van der Waals surface area contributed by atoms with Gasteiger partial charge in [-0.2, -0.15) is 13.2 Å². The molecule has 3 aromatic carbocycles. The highest BCUT2D eigenvalue weighted by Crippen LogP contribution is 2.34. The van der Waals surface area contributed by atoms with Crippen molar-refractivity contribution in [1.29, 1.82) is 0 Å². The maximum Gasteiger partial charge on any atom is 0.416 e. The van der Waals surface area contributed by atoms with E-state index in [0.29, 0.717) is 16.2 Å². The summed E-state index contributed by atoms with van der Waals surface area (Å²) >= 11 is 0. The van der Waals surface area contributed by atoms with Crippen LogP contribution >= 0.6 is 0 Å². The van der Waals surface area contributed by atoms with Crippen LogP contribution in [0.5, 0.6) is 5.75 Å². The van der Waals surface area contributed by atoms with Crippen LogP contribution in [-0.2, 0) is 24.1 Å². The molecule has 1 atom stereocenters. The summed E-state index contributed by atoms with van der Waals surface area (Å²) in [4.78, 5) is 38.6. The van der Waals surface area contributed by atoms with E-state index in [2.05, 4.69) is 0 Å². The van der Waals surface area contributed by atoms with E-state index in [1.54, 1.807) is 30.3 Å².